The van der Waals surface area contributed by atoms with E-state index in [2.05, 4.69) is 43.6 Å². The van der Waals surface area contributed by atoms with Crippen LogP contribution in [0.3, 0.4) is 0 Å². The minimum Gasteiger partial charge on any atom is -0.348 e. The molecule has 3 heterocycles. The van der Waals surface area contributed by atoms with Crippen molar-refractivity contribution in [1.82, 2.24) is 30.9 Å². The SMILES string of the molecule is CC(=O)N[C@@H](C)c1nc(CC(C)C)sc1C(=O)N[C@@H](CCCCN)c1nc(C)sc1C(=O)N[C@@H](CC(C)C)c1nc(CCCCN)sc1C(C)=O. The average molecular weight is 761 g/mol. The highest BCUT2D eigenvalue weighted by molar-refractivity contribution is 7.14. The van der Waals surface area contributed by atoms with Crippen molar-refractivity contribution in [2.75, 3.05) is 13.1 Å². The molecule has 282 valence electrons. The second-order valence-electron chi connectivity index (χ2n) is 13.9. The van der Waals surface area contributed by atoms with Crippen LogP contribution in [0.5, 0.6) is 0 Å². The number of nitrogens with zero attached hydrogens (tertiary/aromatic N) is 3. The molecule has 3 aromatic rings. The summed E-state index contributed by atoms with van der Waals surface area (Å²) in [6.07, 6.45) is 5.70. The number of aromatic nitrogens is 3. The molecule has 0 aliphatic heterocycles. The Balaban J connectivity index is 2.00. The lowest BCUT2D eigenvalue weighted by Crippen LogP contribution is -2.34. The van der Waals surface area contributed by atoms with Crippen LogP contribution < -0.4 is 27.4 Å². The van der Waals surface area contributed by atoms with Crippen LogP contribution in [0.15, 0.2) is 0 Å². The number of Topliss-reactive ketones (excluding diaryl/α,β-unsaturated/α-hetero) is 1. The summed E-state index contributed by atoms with van der Waals surface area (Å²) in [6, 6.07) is -1.55. The third-order valence-corrected chi connectivity index (χ3v) is 11.4. The van der Waals surface area contributed by atoms with Crippen molar-refractivity contribution in [1.29, 1.82) is 0 Å². The monoisotopic (exact) mass is 760 g/mol. The van der Waals surface area contributed by atoms with E-state index in [-0.39, 0.29) is 29.4 Å². The number of hydrogen-bond donors (Lipinski definition) is 5. The summed E-state index contributed by atoms with van der Waals surface area (Å²) in [4.78, 5) is 68.9. The van der Waals surface area contributed by atoms with E-state index in [1.54, 1.807) is 0 Å². The molecule has 51 heavy (non-hydrogen) atoms. The van der Waals surface area contributed by atoms with Gasteiger partial charge in [0.1, 0.15) is 9.75 Å². The van der Waals surface area contributed by atoms with Gasteiger partial charge in [-0.2, -0.15) is 0 Å². The number of rotatable bonds is 21. The van der Waals surface area contributed by atoms with Gasteiger partial charge in [-0.15, -0.1) is 34.0 Å². The van der Waals surface area contributed by atoms with Gasteiger partial charge in [-0.05, 0) is 83.7 Å². The molecule has 3 atom stereocenters. The van der Waals surface area contributed by atoms with Crippen LogP contribution in [0.1, 0.15) is 166 Å². The molecule has 0 aromatic carbocycles. The van der Waals surface area contributed by atoms with E-state index in [0.29, 0.717) is 81.4 Å². The normalized spacial score (nSPS) is 13.3. The maximum Gasteiger partial charge on any atom is 0.263 e. The Morgan fingerprint density at radius 3 is 1.82 bits per heavy atom. The van der Waals surface area contributed by atoms with Gasteiger partial charge in [-0.25, -0.2) is 15.0 Å². The summed E-state index contributed by atoms with van der Waals surface area (Å²) in [6.45, 7) is 16.0. The fraction of sp³-hybridized carbons (Fsp3) is 0.639. The van der Waals surface area contributed by atoms with Crippen molar-refractivity contribution < 1.29 is 19.2 Å². The number of thiazole rings is 3. The molecule has 0 saturated carbocycles. The maximum atomic E-state index is 14.2. The zero-order valence-electron chi connectivity index (χ0n) is 31.3. The number of aryl methyl sites for hydroxylation is 2. The van der Waals surface area contributed by atoms with Crippen LogP contribution in [-0.2, 0) is 17.6 Å². The van der Waals surface area contributed by atoms with Crippen LogP contribution >= 0.6 is 34.0 Å². The van der Waals surface area contributed by atoms with E-state index < -0.39 is 18.1 Å². The van der Waals surface area contributed by atoms with Crippen LogP contribution in [0, 0.1) is 18.8 Å². The molecule has 7 N–H and O–H groups in total. The lowest BCUT2D eigenvalue weighted by molar-refractivity contribution is -0.119. The molecule has 0 fully saturated rings. The van der Waals surface area contributed by atoms with Crippen molar-refractivity contribution >= 4 is 57.5 Å². The molecule has 0 radical (unpaired) electrons. The Kier molecular flexibility index (Phi) is 16.8. The summed E-state index contributed by atoms with van der Waals surface area (Å²) in [5, 5.41) is 11.6. The molecule has 0 aliphatic carbocycles. The number of carbonyl (C=O) groups is 4. The first-order chi connectivity index (χ1) is 24.1. The van der Waals surface area contributed by atoms with E-state index in [0.717, 1.165) is 35.7 Å². The minimum absolute atomic E-state index is 0.0839. The average Bonchev–Trinajstić information content (AvgIpc) is 3.76. The number of nitrogens with two attached hydrogens (primary N) is 2. The van der Waals surface area contributed by atoms with Gasteiger partial charge >= 0.3 is 0 Å². The van der Waals surface area contributed by atoms with Crippen molar-refractivity contribution in [3.63, 3.8) is 0 Å². The van der Waals surface area contributed by atoms with Crippen molar-refractivity contribution in [3.05, 3.63) is 46.7 Å². The Morgan fingerprint density at radius 1 is 0.667 bits per heavy atom. The number of ketones is 1. The molecule has 0 bridgehead atoms. The molecule has 0 spiro atoms. The number of amides is 3. The molecular weight excluding hydrogens is 705 g/mol. The molecular formula is C36H56N8O4S3. The highest BCUT2D eigenvalue weighted by Crippen LogP contribution is 2.33. The zero-order chi connectivity index (χ0) is 37.8. The van der Waals surface area contributed by atoms with Crippen molar-refractivity contribution in [3.8, 4) is 0 Å². The van der Waals surface area contributed by atoms with Gasteiger partial charge in [0.05, 0.1) is 55.1 Å². The van der Waals surface area contributed by atoms with Crippen molar-refractivity contribution in [2.24, 2.45) is 23.3 Å². The van der Waals surface area contributed by atoms with Gasteiger partial charge in [0.25, 0.3) is 11.8 Å². The van der Waals surface area contributed by atoms with Gasteiger partial charge in [-0.3, -0.25) is 19.2 Å². The molecule has 3 aromatic heterocycles. The Bertz CT molecular complexity index is 1630. The lowest BCUT2D eigenvalue weighted by Gasteiger charge is -2.22. The summed E-state index contributed by atoms with van der Waals surface area (Å²) in [7, 11) is 0. The van der Waals surface area contributed by atoms with E-state index in [9.17, 15) is 19.2 Å². The number of unbranched alkanes of at least 4 members (excludes halogenated alkanes) is 2. The standard InChI is InChI=1S/C36H56N8O4S3/c1-19(2)17-26(31-32(22(6)45)50-27(43-31)14-10-12-16-38)42-36(48)34-30(40-24(8)49-34)25(13-9-11-15-37)41-35(47)33-29(21(5)39-23(7)46)44-28(51-33)18-20(3)4/h19-21,25-26H,9-18,37-38H2,1-8H3,(H,39,46)(H,41,47)(H,42,48)/t21-,25-,26-/m0/s1. The van der Waals surface area contributed by atoms with E-state index in [1.165, 1.54) is 47.9 Å². The summed E-state index contributed by atoms with van der Waals surface area (Å²) < 4.78 is 0. The highest BCUT2D eigenvalue weighted by Gasteiger charge is 2.32. The number of nitrogens with one attached hydrogen (secondary N) is 3. The first-order valence-corrected chi connectivity index (χ1v) is 20.4. The largest absolute Gasteiger partial charge is 0.348 e. The fourth-order valence-corrected chi connectivity index (χ4v) is 9.03. The third kappa shape index (κ3) is 12.5. The van der Waals surface area contributed by atoms with E-state index in [4.69, 9.17) is 26.4 Å². The topological polar surface area (TPSA) is 195 Å². The maximum absolute atomic E-state index is 14.2. The first-order valence-electron chi connectivity index (χ1n) is 17.9. The molecule has 0 saturated heterocycles. The predicted molar refractivity (Wildman–Crippen MR) is 207 cm³/mol. The van der Waals surface area contributed by atoms with Gasteiger partial charge in [0.2, 0.25) is 5.91 Å². The van der Waals surface area contributed by atoms with Gasteiger partial charge in [0, 0.05) is 20.3 Å². The van der Waals surface area contributed by atoms with Gasteiger partial charge in [0.15, 0.2) is 5.78 Å². The second-order valence-corrected chi connectivity index (χ2v) is 17.2. The Morgan fingerprint density at radius 2 is 1.24 bits per heavy atom. The summed E-state index contributed by atoms with van der Waals surface area (Å²) in [5.74, 6) is -0.428. The molecule has 3 rings (SSSR count). The third-order valence-electron chi connectivity index (χ3n) is 8.07. The highest BCUT2D eigenvalue weighted by atomic mass is 32.1. The zero-order valence-corrected chi connectivity index (χ0v) is 33.8. The van der Waals surface area contributed by atoms with Crippen LogP contribution in [0.4, 0.5) is 0 Å². The van der Waals surface area contributed by atoms with Crippen LogP contribution in [-0.4, -0.2) is 51.5 Å². The lowest BCUT2D eigenvalue weighted by atomic mass is 9.99. The predicted octanol–water partition coefficient (Wildman–Crippen LogP) is 6.36. The van der Waals surface area contributed by atoms with Crippen molar-refractivity contribution in [2.45, 2.75) is 125 Å². The minimum atomic E-state index is -0.584. The summed E-state index contributed by atoms with van der Waals surface area (Å²) >= 11 is 3.98. The first kappa shape index (κ1) is 42.3. The Hall–Kier alpha value is -3.11. The van der Waals surface area contributed by atoms with Crippen LogP contribution in [0.25, 0.3) is 0 Å². The van der Waals surface area contributed by atoms with Crippen LogP contribution in [0.2, 0.25) is 0 Å². The number of carbonyl (C=O) groups excluding carboxylic acids is 4. The number of hydrogen-bond acceptors (Lipinski definition) is 12. The fourth-order valence-electron chi connectivity index (χ4n) is 5.81. The summed E-state index contributed by atoms with van der Waals surface area (Å²) in [5.41, 5.74) is 13.1. The molecule has 0 aliphatic rings. The second kappa shape index (κ2) is 20.2. The van der Waals surface area contributed by atoms with Gasteiger partial charge in [-0.1, -0.05) is 27.7 Å². The molecule has 3 amide bonds. The molecule has 0 unspecified atom stereocenters. The van der Waals surface area contributed by atoms with E-state index in [1.807, 2.05) is 13.8 Å². The van der Waals surface area contributed by atoms with Gasteiger partial charge < -0.3 is 27.4 Å². The smallest absolute Gasteiger partial charge is 0.263 e. The van der Waals surface area contributed by atoms with E-state index >= 15 is 0 Å². The molecule has 15 heteroatoms. The Labute approximate surface area is 314 Å². The molecule has 12 nitrogen and oxygen atoms in total. The quantitative estimate of drug-likeness (QED) is 0.0606.